The van der Waals surface area contributed by atoms with Crippen molar-refractivity contribution in [3.63, 3.8) is 0 Å². The number of fused-ring (bicyclic) bond motifs is 1. The van der Waals surface area contributed by atoms with Crippen molar-refractivity contribution in [3.05, 3.63) is 66.2 Å². The highest BCUT2D eigenvalue weighted by Gasteiger charge is 2.11. The predicted octanol–water partition coefficient (Wildman–Crippen LogP) is 2.61. The summed E-state index contributed by atoms with van der Waals surface area (Å²) >= 11 is 0. The van der Waals surface area contributed by atoms with E-state index in [1.54, 1.807) is 18.7 Å². The number of aryl methyl sites for hydroxylation is 1. The van der Waals surface area contributed by atoms with E-state index in [0.717, 1.165) is 22.1 Å². The average Bonchev–Trinajstić information content (AvgIpc) is 2.97. The van der Waals surface area contributed by atoms with Gasteiger partial charge in [0.15, 0.2) is 0 Å². The second-order valence-corrected chi connectivity index (χ2v) is 5.49. The summed E-state index contributed by atoms with van der Waals surface area (Å²) in [6.07, 6.45) is 6.77. The van der Waals surface area contributed by atoms with Crippen molar-refractivity contribution >= 4 is 24.7 Å². The second kappa shape index (κ2) is 7.14. The highest BCUT2D eigenvalue weighted by Crippen LogP contribution is 2.21. The number of nitrogens with zero attached hydrogens (tertiary/aromatic N) is 1. The van der Waals surface area contributed by atoms with Crippen LogP contribution in [0.2, 0.25) is 0 Å². The van der Waals surface area contributed by atoms with E-state index in [-0.39, 0.29) is 5.91 Å². The SMILES string of the molecule is [B][C@H](Cc1coc2ccccc12)NC(=O)CCc1ccncc1. The maximum Gasteiger partial charge on any atom is 0.219 e. The van der Waals surface area contributed by atoms with Gasteiger partial charge in [-0.1, -0.05) is 18.2 Å². The van der Waals surface area contributed by atoms with Crippen molar-refractivity contribution in [1.29, 1.82) is 0 Å². The number of hydrogen-bond acceptors (Lipinski definition) is 3. The van der Waals surface area contributed by atoms with Crippen molar-refractivity contribution in [3.8, 4) is 0 Å². The van der Waals surface area contributed by atoms with Crippen molar-refractivity contribution in [1.82, 2.24) is 10.3 Å². The Morgan fingerprint density at radius 3 is 2.83 bits per heavy atom. The molecule has 0 saturated heterocycles. The molecule has 0 saturated carbocycles. The molecule has 3 rings (SSSR count). The van der Waals surface area contributed by atoms with Crippen molar-refractivity contribution in [2.24, 2.45) is 0 Å². The zero-order chi connectivity index (χ0) is 16.1. The lowest BCUT2D eigenvalue weighted by atomic mass is 9.89. The van der Waals surface area contributed by atoms with Gasteiger partial charge in [-0.05, 0) is 48.1 Å². The Hall–Kier alpha value is -2.56. The standard InChI is InChI=1S/C18H17BN2O2/c19-17(11-14-12-23-16-4-2-1-3-15(14)16)21-18(22)6-5-13-7-9-20-10-8-13/h1-4,7-10,12,17H,5-6,11H2,(H,21,22)/t17-/m0/s1. The molecule has 3 aromatic rings. The van der Waals surface area contributed by atoms with Crippen LogP contribution in [-0.2, 0) is 17.6 Å². The zero-order valence-corrected chi connectivity index (χ0v) is 12.7. The van der Waals surface area contributed by atoms with Crippen molar-refractivity contribution in [2.45, 2.75) is 25.2 Å². The highest BCUT2D eigenvalue weighted by atomic mass is 16.3. The van der Waals surface area contributed by atoms with E-state index < -0.39 is 5.94 Å². The van der Waals surface area contributed by atoms with Gasteiger partial charge in [0.2, 0.25) is 5.91 Å². The van der Waals surface area contributed by atoms with Crippen LogP contribution in [-0.4, -0.2) is 24.7 Å². The van der Waals surface area contributed by atoms with Crippen LogP contribution in [0.4, 0.5) is 0 Å². The molecule has 0 spiro atoms. The highest BCUT2D eigenvalue weighted by molar-refractivity contribution is 6.13. The van der Waals surface area contributed by atoms with Gasteiger partial charge in [0, 0.05) is 24.2 Å². The minimum absolute atomic E-state index is 0.0536. The molecule has 0 bridgehead atoms. The van der Waals surface area contributed by atoms with Crippen LogP contribution in [0.15, 0.2) is 59.5 Å². The number of rotatable bonds is 6. The van der Waals surface area contributed by atoms with E-state index in [1.807, 2.05) is 36.4 Å². The van der Waals surface area contributed by atoms with E-state index in [2.05, 4.69) is 10.3 Å². The summed E-state index contributed by atoms with van der Waals surface area (Å²) in [5, 5.41) is 3.87. The van der Waals surface area contributed by atoms with Crippen LogP contribution < -0.4 is 5.32 Å². The molecule has 4 nitrogen and oxygen atoms in total. The second-order valence-electron chi connectivity index (χ2n) is 5.49. The number of hydrogen-bond donors (Lipinski definition) is 1. The smallest absolute Gasteiger partial charge is 0.219 e. The Morgan fingerprint density at radius 1 is 1.22 bits per heavy atom. The molecule has 114 valence electrons. The van der Waals surface area contributed by atoms with Gasteiger partial charge in [-0.15, -0.1) is 0 Å². The first-order chi connectivity index (χ1) is 11.2. The molecule has 23 heavy (non-hydrogen) atoms. The van der Waals surface area contributed by atoms with E-state index >= 15 is 0 Å². The van der Waals surface area contributed by atoms with Gasteiger partial charge in [0.05, 0.1) is 14.1 Å². The lowest BCUT2D eigenvalue weighted by molar-refractivity contribution is -0.121. The normalized spacial score (nSPS) is 12.2. The molecule has 0 unspecified atom stereocenters. The summed E-state index contributed by atoms with van der Waals surface area (Å²) in [4.78, 5) is 15.9. The first kappa shape index (κ1) is 15.3. The topological polar surface area (TPSA) is 55.1 Å². The summed E-state index contributed by atoms with van der Waals surface area (Å²) < 4.78 is 5.49. The van der Waals surface area contributed by atoms with Crippen LogP contribution >= 0.6 is 0 Å². The average molecular weight is 304 g/mol. The van der Waals surface area contributed by atoms with Gasteiger partial charge in [-0.25, -0.2) is 0 Å². The molecule has 2 heterocycles. The van der Waals surface area contributed by atoms with Crippen LogP contribution in [0.1, 0.15) is 17.5 Å². The van der Waals surface area contributed by atoms with Gasteiger partial charge in [-0.3, -0.25) is 9.78 Å². The van der Waals surface area contributed by atoms with Crippen molar-refractivity contribution in [2.75, 3.05) is 0 Å². The molecule has 1 atom stereocenters. The summed E-state index contributed by atoms with van der Waals surface area (Å²) in [7, 11) is 6.04. The van der Waals surface area contributed by atoms with Crippen LogP contribution in [0.25, 0.3) is 11.0 Å². The third-order valence-electron chi connectivity index (χ3n) is 3.74. The number of carbonyl (C=O) groups is 1. The molecule has 0 aliphatic carbocycles. The molecular weight excluding hydrogens is 287 g/mol. The van der Waals surface area contributed by atoms with E-state index in [4.69, 9.17) is 12.3 Å². The molecule has 0 aliphatic rings. The fourth-order valence-electron chi connectivity index (χ4n) is 2.57. The molecular formula is C18H17BN2O2. The minimum Gasteiger partial charge on any atom is -0.464 e. The maximum absolute atomic E-state index is 12.0. The Balaban J connectivity index is 1.52. The van der Waals surface area contributed by atoms with Crippen LogP contribution in [0.5, 0.6) is 0 Å². The number of carbonyl (C=O) groups excluding carboxylic acids is 1. The molecule has 0 aliphatic heterocycles. The number of furan rings is 1. The molecule has 2 radical (unpaired) electrons. The lowest BCUT2D eigenvalue weighted by Gasteiger charge is -2.13. The van der Waals surface area contributed by atoms with Gasteiger partial charge in [0.1, 0.15) is 5.58 Å². The van der Waals surface area contributed by atoms with Gasteiger partial charge in [0.25, 0.3) is 0 Å². The molecule has 2 aromatic heterocycles. The summed E-state index contributed by atoms with van der Waals surface area (Å²) in [6.45, 7) is 0. The molecule has 0 fully saturated rings. The number of para-hydroxylation sites is 1. The first-order valence-corrected chi connectivity index (χ1v) is 7.61. The monoisotopic (exact) mass is 304 g/mol. The molecule has 1 N–H and O–H groups in total. The van der Waals surface area contributed by atoms with Gasteiger partial charge in [-0.2, -0.15) is 0 Å². The van der Waals surface area contributed by atoms with Crippen LogP contribution in [0, 0.1) is 0 Å². The first-order valence-electron chi connectivity index (χ1n) is 7.61. The zero-order valence-electron chi connectivity index (χ0n) is 12.7. The third-order valence-corrected chi connectivity index (χ3v) is 3.74. The number of pyridine rings is 1. The van der Waals surface area contributed by atoms with E-state index in [0.29, 0.717) is 19.3 Å². The number of nitrogens with one attached hydrogen (secondary N) is 1. The molecule has 1 aromatic carbocycles. The maximum atomic E-state index is 12.0. The number of benzene rings is 1. The fourth-order valence-corrected chi connectivity index (χ4v) is 2.57. The molecule has 1 amide bonds. The lowest BCUT2D eigenvalue weighted by Crippen LogP contribution is -2.36. The summed E-state index contributed by atoms with van der Waals surface area (Å²) in [5.41, 5.74) is 2.92. The Labute approximate surface area is 136 Å². The van der Waals surface area contributed by atoms with E-state index in [9.17, 15) is 4.79 Å². The minimum atomic E-state index is -0.430. The Kier molecular flexibility index (Phi) is 4.76. The number of aromatic nitrogens is 1. The summed E-state index contributed by atoms with van der Waals surface area (Å²) in [6, 6.07) is 11.6. The number of amides is 1. The quantitative estimate of drug-likeness (QED) is 0.712. The third kappa shape index (κ3) is 4.00. The van der Waals surface area contributed by atoms with Crippen molar-refractivity contribution < 1.29 is 9.21 Å². The molecule has 5 heteroatoms. The predicted molar refractivity (Wildman–Crippen MR) is 90.2 cm³/mol. The largest absolute Gasteiger partial charge is 0.464 e. The summed E-state index contributed by atoms with van der Waals surface area (Å²) in [5.74, 6) is -0.483. The van der Waals surface area contributed by atoms with Gasteiger partial charge < -0.3 is 9.73 Å². The van der Waals surface area contributed by atoms with Gasteiger partial charge >= 0.3 is 0 Å². The fraction of sp³-hybridized carbons (Fsp3) is 0.222. The Morgan fingerprint density at radius 2 is 2.00 bits per heavy atom. The van der Waals surface area contributed by atoms with E-state index in [1.165, 1.54) is 0 Å². The Bertz CT molecular complexity index is 786. The van der Waals surface area contributed by atoms with Crippen LogP contribution in [0.3, 0.4) is 0 Å².